The zero-order valence-corrected chi connectivity index (χ0v) is 12.6. The fourth-order valence-corrected chi connectivity index (χ4v) is 2.88. The van der Waals surface area contributed by atoms with Gasteiger partial charge in [-0.15, -0.1) is 10.2 Å². The van der Waals surface area contributed by atoms with E-state index >= 15 is 0 Å². The average molecular weight is 286 g/mol. The summed E-state index contributed by atoms with van der Waals surface area (Å²) in [4.78, 5) is 2.41. The molecule has 0 aliphatic carbocycles. The van der Waals surface area contributed by atoms with E-state index in [1.165, 1.54) is 18.5 Å². The highest BCUT2D eigenvalue weighted by molar-refractivity contribution is 5.43. The standard InChI is InChI=1S/C16H22N4O/c1-12(16-19-18-13(2)21-16)20-10-6-9-15(11-20)17-14-7-4-3-5-8-14/h3-5,7-8,12,15,17H,6,9-11H2,1-2H3. The van der Waals surface area contributed by atoms with Crippen molar-refractivity contribution in [3.05, 3.63) is 42.1 Å². The highest BCUT2D eigenvalue weighted by Crippen LogP contribution is 2.24. The third-order valence-corrected chi connectivity index (χ3v) is 4.04. The summed E-state index contributed by atoms with van der Waals surface area (Å²) in [5.74, 6) is 1.35. The van der Waals surface area contributed by atoms with Crippen molar-refractivity contribution in [3.63, 3.8) is 0 Å². The van der Waals surface area contributed by atoms with Crippen LogP contribution in [0.5, 0.6) is 0 Å². The Bertz CT molecular complexity index is 569. The van der Waals surface area contributed by atoms with Crippen LogP contribution in [-0.2, 0) is 0 Å². The number of hydrogen-bond acceptors (Lipinski definition) is 5. The van der Waals surface area contributed by atoms with Crippen LogP contribution in [-0.4, -0.2) is 34.2 Å². The van der Waals surface area contributed by atoms with E-state index in [1.807, 2.05) is 13.0 Å². The molecule has 5 nitrogen and oxygen atoms in total. The minimum atomic E-state index is 0.173. The molecule has 1 fully saturated rings. The number of aromatic nitrogens is 2. The normalized spacial score (nSPS) is 21.1. The minimum Gasteiger partial charge on any atom is -0.424 e. The van der Waals surface area contributed by atoms with Crippen LogP contribution < -0.4 is 5.32 Å². The van der Waals surface area contributed by atoms with Crippen LogP contribution in [0.3, 0.4) is 0 Å². The van der Waals surface area contributed by atoms with Crippen LogP contribution in [0.15, 0.2) is 34.7 Å². The average Bonchev–Trinajstić information content (AvgIpc) is 2.94. The Labute approximate surface area is 125 Å². The lowest BCUT2D eigenvalue weighted by Crippen LogP contribution is -2.43. The molecule has 0 radical (unpaired) electrons. The van der Waals surface area contributed by atoms with Gasteiger partial charge in [-0.25, -0.2) is 0 Å². The quantitative estimate of drug-likeness (QED) is 0.936. The molecule has 1 N–H and O–H groups in total. The van der Waals surface area contributed by atoms with E-state index in [4.69, 9.17) is 4.42 Å². The van der Waals surface area contributed by atoms with E-state index in [-0.39, 0.29) is 6.04 Å². The molecule has 0 amide bonds. The third-order valence-electron chi connectivity index (χ3n) is 4.04. The molecule has 112 valence electrons. The van der Waals surface area contributed by atoms with Crippen LogP contribution in [0.1, 0.15) is 37.6 Å². The SMILES string of the molecule is Cc1nnc(C(C)N2CCCC(Nc3ccccc3)C2)o1. The second-order valence-electron chi connectivity index (χ2n) is 5.68. The second kappa shape index (κ2) is 6.26. The molecule has 1 aromatic heterocycles. The fourth-order valence-electron chi connectivity index (χ4n) is 2.88. The number of likely N-dealkylation sites (tertiary alicyclic amines) is 1. The van der Waals surface area contributed by atoms with Gasteiger partial charge in [-0.3, -0.25) is 4.90 Å². The molecule has 1 aromatic carbocycles. The predicted octanol–water partition coefficient (Wildman–Crippen LogP) is 3.02. The van der Waals surface area contributed by atoms with Crippen molar-refractivity contribution < 1.29 is 4.42 Å². The van der Waals surface area contributed by atoms with E-state index in [0.29, 0.717) is 17.8 Å². The van der Waals surface area contributed by atoms with Gasteiger partial charge in [0, 0.05) is 25.2 Å². The van der Waals surface area contributed by atoms with Gasteiger partial charge in [0.1, 0.15) is 0 Å². The summed E-state index contributed by atoms with van der Waals surface area (Å²) in [6.45, 7) is 6.05. The predicted molar refractivity (Wildman–Crippen MR) is 82.1 cm³/mol. The molecular formula is C16H22N4O. The number of anilines is 1. The zero-order valence-electron chi connectivity index (χ0n) is 12.6. The first kappa shape index (κ1) is 14.1. The second-order valence-corrected chi connectivity index (χ2v) is 5.68. The molecule has 5 heteroatoms. The Hall–Kier alpha value is -1.88. The summed E-state index contributed by atoms with van der Waals surface area (Å²) in [5, 5.41) is 11.7. The van der Waals surface area contributed by atoms with Crippen molar-refractivity contribution in [2.75, 3.05) is 18.4 Å². The van der Waals surface area contributed by atoms with E-state index in [9.17, 15) is 0 Å². The first-order chi connectivity index (χ1) is 10.2. The first-order valence-electron chi connectivity index (χ1n) is 7.58. The van der Waals surface area contributed by atoms with Crippen molar-refractivity contribution in [3.8, 4) is 0 Å². The number of benzene rings is 1. The summed E-state index contributed by atoms with van der Waals surface area (Å²) in [6.07, 6.45) is 2.38. The molecule has 2 heterocycles. The molecule has 0 spiro atoms. The Kier molecular flexibility index (Phi) is 4.20. The summed E-state index contributed by atoms with van der Waals surface area (Å²) >= 11 is 0. The Morgan fingerprint density at radius 3 is 2.81 bits per heavy atom. The number of nitrogens with zero attached hydrogens (tertiary/aromatic N) is 3. The third kappa shape index (κ3) is 3.42. The van der Waals surface area contributed by atoms with Crippen molar-refractivity contribution in [2.24, 2.45) is 0 Å². The van der Waals surface area contributed by atoms with Crippen LogP contribution in [0.4, 0.5) is 5.69 Å². The smallest absolute Gasteiger partial charge is 0.233 e. The lowest BCUT2D eigenvalue weighted by molar-refractivity contribution is 0.144. The molecular weight excluding hydrogens is 264 g/mol. The monoisotopic (exact) mass is 286 g/mol. The van der Waals surface area contributed by atoms with Crippen molar-refractivity contribution in [1.82, 2.24) is 15.1 Å². The Morgan fingerprint density at radius 1 is 1.29 bits per heavy atom. The fraction of sp³-hybridized carbons (Fsp3) is 0.500. The zero-order chi connectivity index (χ0) is 14.7. The van der Waals surface area contributed by atoms with Gasteiger partial charge in [-0.05, 0) is 38.4 Å². The molecule has 21 heavy (non-hydrogen) atoms. The lowest BCUT2D eigenvalue weighted by Gasteiger charge is -2.36. The molecule has 2 aromatic rings. The van der Waals surface area contributed by atoms with Gasteiger partial charge < -0.3 is 9.73 Å². The van der Waals surface area contributed by atoms with Crippen molar-refractivity contribution in [1.29, 1.82) is 0 Å². The number of hydrogen-bond donors (Lipinski definition) is 1. The van der Waals surface area contributed by atoms with E-state index in [0.717, 1.165) is 13.1 Å². The maximum Gasteiger partial charge on any atom is 0.233 e. The van der Waals surface area contributed by atoms with Crippen molar-refractivity contribution in [2.45, 2.75) is 38.8 Å². The van der Waals surface area contributed by atoms with Crippen LogP contribution in [0.25, 0.3) is 0 Å². The van der Waals surface area contributed by atoms with Gasteiger partial charge in [0.15, 0.2) is 0 Å². The topological polar surface area (TPSA) is 54.2 Å². The Morgan fingerprint density at radius 2 is 2.10 bits per heavy atom. The molecule has 0 saturated carbocycles. The van der Waals surface area contributed by atoms with E-state index in [2.05, 4.69) is 51.6 Å². The van der Waals surface area contributed by atoms with Gasteiger partial charge >= 0.3 is 0 Å². The summed E-state index contributed by atoms with van der Waals surface area (Å²) in [7, 11) is 0. The van der Waals surface area contributed by atoms with Crippen LogP contribution in [0.2, 0.25) is 0 Å². The van der Waals surface area contributed by atoms with Gasteiger partial charge in [0.05, 0.1) is 6.04 Å². The Balaban J connectivity index is 1.63. The van der Waals surface area contributed by atoms with Gasteiger partial charge in [0.25, 0.3) is 0 Å². The van der Waals surface area contributed by atoms with Gasteiger partial charge in [0.2, 0.25) is 11.8 Å². The maximum atomic E-state index is 5.57. The number of aryl methyl sites for hydroxylation is 1. The summed E-state index contributed by atoms with van der Waals surface area (Å²) < 4.78 is 5.57. The molecule has 1 aliphatic heterocycles. The van der Waals surface area contributed by atoms with Crippen LogP contribution in [0, 0.1) is 6.92 Å². The molecule has 1 aliphatic rings. The minimum absolute atomic E-state index is 0.173. The van der Waals surface area contributed by atoms with Gasteiger partial charge in [-0.1, -0.05) is 18.2 Å². The number of nitrogens with one attached hydrogen (secondary N) is 1. The lowest BCUT2D eigenvalue weighted by atomic mass is 10.0. The maximum absolute atomic E-state index is 5.57. The van der Waals surface area contributed by atoms with E-state index in [1.54, 1.807) is 0 Å². The molecule has 1 saturated heterocycles. The summed E-state index contributed by atoms with van der Waals surface area (Å²) in [6, 6.07) is 11.0. The van der Waals surface area contributed by atoms with Crippen molar-refractivity contribution >= 4 is 5.69 Å². The largest absolute Gasteiger partial charge is 0.424 e. The number of para-hydroxylation sites is 1. The molecule has 2 unspecified atom stereocenters. The molecule has 2 atom stereocenters. The number of rotatable bonds is 4. The highest BCUT2D eigenvalue weighted by Gasteiger charge is 2.27. The highest BCUT2D eigenvalue weighted by atomic mass is 16.4. The van der Waals surface area contributed by atoms with E-state index < -0.39 is 0 Å². The van der Waals surface area contributed by atoms with Gasteiger partial charge in [-0.2, -0.15) is 0 Å². The first-order valence-corrected chi connectivity index (χ1v) is 7.58. The van der Waals surface area contributed by atoms with Crippen LogP contribution >= 0.6 is 0 Å². The number of piperidine rings is 1. The molecule has 3 rings (SSSR count). The molecule has 0 bridgehead atoms. The summed E-state index contributed by atoms with van der Waals surface area (Å²) in [5.41, 5.74) is 1.19.